The van der Waals surface area contributed by atoms with Crippen LogP contribution >= 0.6 is 19.4 Å². The number of nitrogens with one attached hydrogen (secondary N) is 1. The second-order valence-corrected chi connectivity index (χ2v) is 16.0. The van der Waals surface area contributed by atoms with Crippen molar-refractivity contribution in [1.82, 2.24) is 5.32 Å². The quantitative estimate of drug-likeness (QED) is 0.0974. The van der Waals surface area contributed by atoms with Crippen molar-refractivity contribution in [2.75, 3.05) is 6.26 Å². The lowest BCUT2D eigenvalue weighted by Gasteiger charge is -2.41. The van der Waals surface area contributed by atoms with Gasteiger partial charge in [0.1, 0.15) is 11.6 Å². The van der Waals surface area contributed by atoms with E-state index < -0.39 is 47.7 Å². The summed E-state index contributed by atoms with van der Waals surface area (Å²) in [6, 6.07) is 5.56. The van der Waals surface area contributed by atoms with Crippen molar-refractivity contribution in [1.29, 1.82) is 0 Å². The van der Waals surface area contributed by atoms with E-state index in [0.29, 0.717) is 5.56 Å². The van der Waals surface area contributed by atoms with Crippen LogP contribution in [0.2, 0.25) is 0 Å². The lowest BCUT2D eigenvalue weighted by Crippen LogP contribution is -2.52. The molecule has 0 aliphatic carbocycles. The van der Waals surface area contributed by atoms with E-state index >= 15 is 4.57 Å². The van der Waals surface area contributed by atoms with Crippen molar-refractivity contribution in [2.24, 2.45) is 23.7 Å². The van der Waals surface area contributed by atoms with Crippen LogP contribution < -0.4 is 5.32 Å². The Balaban J connectivity index is 4.01. The third-order valence-corrected chi connectivity index (χ3v) is 10.0. The van der Waals surface area contributed by atoms with E-state index in [1.807, 2.05) is 61.6 Å². The van der Waals surface area contributed by atoms with E-state index in [1.165, 1.54) is 18.7 Å². The van der Waals surface area contributed by atoms with E-state index in [-0.39, 0.29) is 23.7 Å². The van der Waals surface area contributed by atoms with Crippen molar-refractivity contribution >= 4 is 25.5 Å². The molecule has 9 nitrogen and oxygen atoms in total. The highest BCUT2D eigenvalue weighted by molar-refractivity contribution is 7.98. The zero-order chi connectivity index (χ0) is 31.2. The molecule has 1 aromatic carbocycles. The van der Waals surface area contributed by atoms with Crippen LogP contribution in [0.4, 0.5) is 4.79 Å². The molecule has 11 heteroatoms. The molecule has 40 heavy (non-hydrogen) atoms. The molecule has 0 saturated carbocycles. The molecular formula is C29H51N2O7PS. The summed E-state index contributed by atoms with van der Waals surface area (Å²) in [5, 5.41) is 13.5. The van der Waals surface area contributed by atoms with Crippen LogP contribution in [0.25, 0.3) is 0 Å². The Hall–Kier alpha value is -1.61. The number of nitro groups is 1. The summed E-state index contributed by atoms with van der Waals surface area (Å²) in [5.41, 5.74) is -0.480. The summed E-state index contributed by atoms with van der Waals surface area (Å²) in [6.07, 6.45) is -0.171. The molecular weight excluding hydrogens is 551 g/mol. The second-order valence-electron chi connectivity index (χ2n) is 12.8. The van der Waals surface area contributed by atoms with Crippen molar-refractivity contribution in [3.63, 3.8) is 0 Å². The fraction of sp³-hybridized carbons (Fsp3) is 0.759. The number of benzene rings is 1. The Morgan fingerprint density at radius 2 is 1.27 bits per heavy atom. The number of ether oxygens (including phenoxy) is 1. The van der Waals surface area contributed by atoms with Gasteiger partial charge in [0.15, 0.2) is 0 Å². The van der Waals surface area contributed by atoms with Crippen LogP contribution in [0.1, 0.15) is 94.7 Å². The molecule has 0 aliphatic rings. The summed E-state index contributed by atoms with van der Waals surface area (Å²) in [6.45, 7) is 21.7. The first-order valence-electron chi connectivity index (χ1n) is 13.9. The van der Waals surface area contributed by atoms with Gasteiger partial charge in [0, 0.05) is 16.7 Å². The van der Waals surface area contributed by atoms with Crippen molar-refractivity contribution < 1.29 is 28.1 Å². The van der Waals surface area contributed by atoms with Gasteiger partial charge >= 0.3 is 19.0 Å². The average molecular weight is 603 g/mol. The van der Waals surface area contributed by atoms with Gasteiger partial charge in [-0.2, -0.15) is 0 Å². The van der Waals surface area contributed by atoms with Gasteiger partial charge < -0.3 is 10.1 Å². The number of carbonyl (C=O) groups excluding carboxylic acids is 1. The van der Waals surface area contributed by atoms with E-state index in [4.69, 9.17) is 13.8 Å². The molecule has 1 aromatic rings. The predicted molar refractivity (Wildman–Crippen MR) is 162 cm³/mol. The van der Waals surface area contributed by atoms with Gasteiger partial charge in [-0.1, -0.05) is 67.5 Å². The van der Waals surface area contributed by atoms with Gasteiger partial charge in [0.05, 0.1) is 12.2 Å². The molecule has 0 spiro atoms. The van der Waals surface area contributed by atoms with Crippen LogP contribution in [0.3, 0.4) is 0 Å². The Bertz CT molecular complexity index is 982. The molecule has 0 unspecified atom stereocenters. The third-order valence-electron chi connectivity index (χ3n) is 6.73. The molecule has 0 aromatic heterocycles. The van der Waals surface area contributed by atoms with Gasteiger partial charge in [-0.15, -0.1) is 11.8 Å². The fourth-order valence-corrected chi connectivity index (χ4v) is 7.94. The minimum Gasteiger partial charge on any atom is -0.444 e. The van der Waals surface area contributed by atoms with E-state index in [1.54, 1.807) is 45.0 Å². The standard InChI is InChI=1S/C29H51N2O7PS/c1-18(2)24(19(3)4)37-39(35,38-25(20(5)6)21(7)8)29(12,31(33)34)26(30-27(32)36-28(9,10)11)22-14-16-23(40-13)17-15-22/h14-21,24-26H,1-13H3,(H,30,32)/t26-,29+/m1/s1. The maximum Gasteiger partial charge on any atom is 0.409 e. The lowest BCUT2D eigenvalue weighted by molar-refractivity contribution is -0.546. The summed E-state index contributed by atoms with van der Waals surface area (Å²) in [5.74, 6) is -0.435. The molecule has 1 amide bonds. The lowest BCUT2D eigenvalue weighted by atomic mass is 9.97. The number of nitrogens with zero attached hydrogens (tertiary/aromatic N) is 1. The monoisotopic (exact) mass is 602 g/mol. The Labute approximate surface area is 245 Å². The van der Waals surface area contributed by atoms with Crippen molar-refractivity contribution in [3.05, 3.63) is 39.9 Å². The molecule has 0 fully saturated rings. The number of thioether (sulfide) groups is 1. The van der Waals surface area contributed by atoms with Crippen molar-refractivity contribution in [2.45, 2.75) is 117 Å². The zero-order valence-corrected chi connectivity index (χ0v) is 28.2. The normalized spacial score (nSPS) is 15.3. The highest BCUT2D eigenvalue weighted by Crippen LogP contribution is 2.67. The Morgan fingerprint density at radius 3 is 1.57 bits per heavy atom. The Morgan fingerprint density at radius 1 is 0.875 bits per heavy atom. The van der Waals surface area contributed by atoms with Crippen molar-refractivity contribution in [3.8, 4) is 0 Å². The summed E-state index contributed by atoms with van der Waals surface area (Å²) < 4.78 is 33.4. The Kier molecular flexibility index (Phi) is 13.2. The minimum atomic E-state index is -4.65. The third kappa shape index (κ3) is 9.20. The highest BCUT2D eigenvalue weighted by atomic mass is 32.2. The SMILES string of the molecule is CSc1ccc([C@@H](NC(=O)OC(C)(C)C)[C@@](C)([N+](=O)[O-])P(=O)(OC(C(C)C)C(C)C)OC(C(C)C)C(C)C)cc1. The van der Waals surface area contributed by atoms with E-state index in [2.05, 4.69) is 5.32 Å². The highest BCUT2D eigenvalue weighted by Gasteiger charge is 2.66. The first-order valence-corrected chi connectivity index (χ1v) is 16.7. The zero-order valence-electron chi connectivity index (χ0n) is 26.5. The van der Waals surface area contributed by atoms with E-state index in [0.717, 1.165) is 4.90 Å². The van der Waals surface area contributed by atoms with Crippen LogP contribution in [-0.2, 0) is 18.3 Å². The molecule has 1 rings (SSSR count). The number of hydrogen-bond donors (Lipinski definition) is 1. The number of amides is 1. The molecule has 0 saturated heterocycles. The fourth-order valence-electron chi connectivity index (χ4n) is 4.71. The van der Waals surface area contributed by atoms with Gasteiger partial charge in [0.25, 0.3) is 0 Å². The van der Waals surface area contributed by atoms with Crippen LogP contribution in [0, 0.1) is 33.8 Å². The predicted octanol–water partition coefficient (Wildman–Crippen LogP) is 8.55. The maximum absolute atomic E-state index is 15.2. The summed E-state index contributed by atoms with van der Waals surface area (Å²) >= 11 is 1.51. The summed E-state index contributed by atoms with van der Waals surface area (Å²) in [7, 11) is -4.65. The minimum absolute atomic E-state index is 0.109. The molecule has 0 heterocycles. The number of hydrogen-bond acceptors (Lipinski definition) is 8. The first-order chi connectivity index (χ1) is 18.2. The largest absolute Gasteiger partial charge is 0.444 e. The van der Waals surface area contributed by atoms with Crippen LogP contribution in [0.15, 0.2) is 29.2 Å². The first kappa shape index (κ1) is 36.4. The maximum atomic E-state index is 15.2. The molecule has 1 N–H and O–H groups in total. The second kappa shape index (κ2) is 14.5. The molecule has 0 aliphatic heterocycles. The number of rotatable bonds is 14. The van der Waals surface area contributed by atoms with Gasteiger partial charge in [-0.3, -0.25) is 23.7 Å². The molecule has 2 atom stereocenters. The van der Waals surface area contributed by atoms with Crippen LogP contribution in [-0.4, -0.2) is 40.4 Å². The van der Waals surface area contributed by atoms with Crippen LogP contribution in [0.5, 0.6) is 0 Å². The molecule has 0 bridgehead atoms. The van der Waals surface area contributed by atoms with E-state index in [9.17, 15) is 14.9 Å². The average Bonchev–Trinajstić information content (AvgIpc) is 2.82. The summed E-state index contributed by atoms with van der Waals surface area (Å²) in [4.78, 5) is 26.6. The molecule has 0 radical (unpaired) electrons. The van der Waals surface area contributed by atoms with Gasteiger partial charge in [-0.25, -0.2) is 4.79 Å². The number of alkyl carbamates (subject to hydrolysis) is 1. The molecule has 230 valence electrons. The smallest absolute Gasteiger partial charge is 0.409 e. The van der Waals surface area contributed by atoms with Gasteiger partial charge in [0.2, 0.25) is 0 Å². The number of carbonyl (C=O) groups is 1. The topological polar surface area (TPSA) is 117 Å². The van der Waals surface area contributed by atoms with Gasteiger partial charge in [-0.05, 0) is 68.4 Å².